The third-order valence-electron chi connectivity index (χ3n) is 2.49. The Labute approximate surface area is 98.2 Å². The lowest BCUT2D eigenvalue weighted by molar-refractivity contribution is -0.138. The van der Waals surface area contributed by atoms with Crippen molar-refractivity contribution in [1.82, 2.24) is 0 Å². The normalized spacial score (nSPS) is 12.2. The van der Waals surface area contributed by atoms with E-state index in [-0.39, 0.29) is 0 Å². The highest BCUT2D eigenvalue weighted by molar-refractivity contribution is 7.09. The van der Waals surface area contributed by atoms with Crippen LogP contribution in [0.15, 0.2) is 47.8 Å². The number of hydrogen-bond donors (Lipinski definition) is 1. The van der Waals surface area contributed by atoms with Crippen LogP contribution in [0.3, 0.4) is 0 Å². The molecule has 16 heavy (non-hydrogen) atoms. The number of carboxylic acid groups (broad SMARTS) is 1. The van der Waals surface area contributed by atoms with Crippen molar-refractivity contribution >= 4 is 17.3 Å². The summed E-state index contributed by atoms with van der Waals surface area (Å²) in [6.07, 6.45) is 0.566. The Bertz CT molecular complexity index is 448. The first-order chi connectivity index (χ1) is 7.77. The summed E-state index contributed by atoms with van der Waals surface area (Å²) in [6.45, 7) is 0. The van der Waals surface area contributed by atoms with Crippen molar-refractivity contribution < 1.29 is 9.90 Å². The van der Waals surface area contributed by atoms with E-state index in [0.29, 0.717) is 6.42 Å². The van der Waals surface area contributed by atoms with Crippen LogP contribution in [0, 0.1) is 0 Å². The van der Waals surface area contributed by atoms with E-state index in [9.17, 15) is 9.90 Å². The largest absolute Gasteiger partial charge is 0.481 e. The molecule has 0 amide bonds. The zero-order valence-corrected chi connectivity index (χ0v) is 9.48. The molecule has 0 aliphatic carbocycles. The molecule has 0 saturated heterocycles. The zero-order valence-electron chi connectivity index (χ0n) is 8.67. The lowest BCUT2D eigenvalue weighted by Crippen LogP contribution is -2.13. The third-order valence-corrected chi connectivity index (χ3v) is 3.38. The van der Waals surface area contributed by atoms with Gasteiger partial charge in [-0.2, -0.15) is 0 Å². The second-order valence-electron chi connectivity index (χ2n) is 3.58. The van der Waals surface area contributed by atoms with Gasteiger partial charge in [-0.25, -0.2) is 0 Å². The predicted molar refractivity (Wildman–Crippen MR) is 64.8 cm³/mol. The first-order valence-corrected chi connectivity index (χ1v) is 5.95. The molecule has 1 aromatic heterocycles. The molecule has 2 nitrogen and oxygen atoms in total. The van der Waals surface area contributed by atoms with E-state index in [1.54, 1.807) is 11.3 Å². The first kappa shape index (κ1) is 10.9. The Morgan fingerprint density at radius 3 is 2.50 bits per heavy atom. The van der Waals surface area contributed by atoms with Crippen LogP contribution >= 0.6 is 11.3 Å². The van der Waals surface area contributed by atoms with Crippen LogP contribution in [0.2, 0.25) is 0 Å². The van der Waals surface area contributed by atoms with Gasteiger partial charge in [0.05, 0.1) is 5.92 Å². The third kappa shape index (κ3) is 2.49. The summed E-state index contributed by atoms with van der Waals surface area (Å²) in [6, 6.07) is 13.3. The lowest BCUT2D eigenvalue weighted by Gasteiger charge is -2.11. The highest BCUT2D eigenvalue weighted by Crippen LogP contribution is 2.23. The minimum absolute atomic E-state index is 0.445. The fourth-order valence-corrected chi connectivity index (χ4v) is 2.41. The average Bonchev–Trinajstić information content (AvgIpc) is 2.79. The summed E-state index contributed by atoms with van der Waals surface area (Å²) in [5, 5.41) is 11.2. The molecule has 0 bridgehead atoms. The fraction of sp³-hybridized carbons (Fsp3) is 0.154. The molecule has 0 unspecified atom stereocenters. The molecule has 1 aromatic carbocycles. The fourth-order valence-electron chi connectivity index (χ4n) is 1.66. The molecule has 2 aromatic rings. The van der Waals surface area contributed by atoms with Crippen LogP contribution in [-0.2, 0) is 11.2 Å². The summed E-state index contributed by atoms with van der Waals surface area (Å²) in [7, 11) is 0. The summed E-state index contributed by atoms with van der Waals surface area (Å²) < 4.78 is 0. The second kappa shape index (κ2) is 4.94. The number of carbonyl (C=O) groups is 1. The van der Waals surface area contributed by atoms with Gasteiger partial charge in [-0.05, 0) is 23.4 Å². The van der Waals surface area contributed by atoms with Crippen molar-refractivity contribution in [2.24, 2.45) is 0 Å². The summed E-state index contributed by atoms with van der Waals surface area (Å²) in [4.78, 5) is 12.3. The van der Waals surface area contributed by atoms with E-state index in [1.807, 2.05) is 47.8 Å². The molecule has 1 heterocycles. The van der Waals surface area contributed by atoms with Crippen molar-refractivity contribution in [3.8, 4) is 0 Å². The molecule has 0 radical (unpaired) electrons. The van der Waals surface area contributed by atoms with Gasteiger partial charge in [-0.3, -0.25) is 4.79 Å². The molecular weight excluding hydrogens is 220 g/mol. The zero-order chi connectivity index (χ0) is 11.4. The summed E-state index contributed by atoms with van der Waals surface area (Å²) >= 11 is 1.60. The molecule has 1 N–H and O–H groups in total. The number of carboxylic acids is 1. The Morgan fingerprint density at radius 2 is 1.94 bits per heavy atom. The number of thiophene rings is 1. The van der Waals surface area contributed by atoms with Gasteiger partial charge in [0.15, 0.2) is 0 Å². The second-order valence-corrected chi connectivity index (χ2v) is 4.62. The smallest absolute Gasteiger partial charge is 0.311 e. The Balaban J connectivity index is 2.22. The van der Waals surface area contributed by atoms with Gasteiger partial charge in [-0.15, -0.1) is 11.3 Å². The standard InChI is InChI=1S/C13H12O2S/c14-13(15)12(9-11-7-4-8-16-11)10-5-2-1-3-6-10/h1-8,12H,9H2,(H,14,15)/t12-/m0/s1. The van der Waals surface area contributed by atoms with Crippen LogP contribution in [0.5, 0.6) is 0 Å². The van der Waals surface area contributed by atoms with Crippen LogP contribution in [0.4, 0.5) is 0 Å². The van der Waals surface area contributed by atoms with E-state index in [0.717, 1.165) is 10.4 Å². The number of benzene rings is 1. The van der Waals surface area contributed by atoms with E-state index < -0.39 is 11.9 Å². The minimum Gasteiger partial charge on any atom is -0.481 e. The van der Waals surface area contributed by atoms with Gasteiger partial charge >= 0.3 is 5.97 Å². The highest BCUT2D eigenvalue weighted by Gasteiger charge is 2.20. The Hall–Kier alpha value is -1.61. The Morgan fingerprint density at radius 1 is 1.19 bits per heavy atom. The summed E-state index contributed by atoms with van der Waals surface area (Å²) in [5.41, 5.74) is 0.864. The quantitative estimate of drug-likeness (QED) is 0.879. The van der Waals surface area contributed by atoms with E-state index in [4.69, 9.17) is 0 Å². The minimum atomic E-state index is -0.764. The topological polar surface area (TPSA) is 37.3 Å². The predicted octanol–water partition coefficient (Wildman–Crippen LogP) is 3.16. The molecule has 2 rings (SSSR count). The van der Waals surface area contributed by atoms with Gasteiger partial charge in [0.2, 0.25) is 0 Å². The van der Waals surface area contributed by atoms with E-state index >= 15 is 0 Å². The molecule has 82 valence electrons. The molecule has 1 atom stereocenters. The molecule has 0 spiro atoms. The van der Waals surface area contributed by atoms with E-state index in [2.05, 4.69) is 0 Å². The van der Waals surface area contributed by atoms with Crippen LogP contribution in [-0.4, -0.2) is 11.1 Å². The first-order valence-electron chi connectivity index (χ1n) is 5.07. The Kier molecular flexibility index (Phi) is 3.37. The molecular formula is C13H12O2S. The van der Waals surface area contributed by atoms with Crippen molar-refractivity contribution in [1.29, 1.82) is 0 Å². The van der Waals surface area contributed by atoms with Crippen molar-refractivity contribution in [2.75, 3.05) is 0 Å². The van der Waals surface area contributed by atoms with Crippen LogP contribution < -0.4 is 0 Å². The van der Waals surface area contributed by atoms with Crippen molar-refractivity contribution in [2.45, 2.75) is 12.3 Å². The number of rotatable bonds is 4. The number of hydrogen-bond acceptors (Lipinski definition) is 2. The molecule has 3 heteroatoms. The summed E-state index contributed by atoms with van der Waals surface area (Å²) in [5.74, 6) is -1.21. The van der Waals surface area contributed by atoms with Crippen molar-refractivity contribution in [3.05, 3.63) is 58.3 Å². The van der Waals surface area contributed by atoms with Gasteiger partial charge in [0.1, 0.15) is 0 Å². The van der Waals surface area contributed by atoms with Gasteiger partial charge in [0.25, 0.3) is 0 Å². The maximum atomic E-state index is 11.2. The SMILES string of the molecule is O=C(O)[C@@H](Cc1cccs1)c1ccccc1. The van der Waals surface area contributed by atoms with E-state index in [1.165, 1.54) is 0 Å². The maximum absolute atomic E-state index is 11.2. The monoisotopic (exact) mass is 232 g/mol. The molecule has 0 saturated carbocycles. The number of aliphatic carboxylic acids is 1. The van der Waals surface area contributed by atoms with Gasteiger partial charge in [-0.1, -0.05) is 36.4 Å². The highest BCUT2D eigenvalue weighted by atomic mass is 32.1. The van der Waals surface area contributed by atoms with Gasteiger partial charge in [0, 0.05) is 4.88 Å². The molecule has 0 aliphatic heterocycles. The van der Waals surface area contributed by atoms with Crippen molar-refractivity contribution in [3.63, 3.8) is 0 Å². The van der Waals surface area contributed by atoms with Crippen LogP contribution in [0.1, 0.15) is 16.4 Å². The molecule has 0 aliphatic rings. The van der Waals surface area contributed by atoms with Crippen LogP contribution in [0.25, 0.3) is 0 Å². The maximum Gasteiger partial charge on any atom is 0.311 e. The lowest BCUT2D eigenvalue weighted by atomic mass is 9.95. The average molecular weight is 232 g/mol. The van der Waals surface area contributed by atoms with Gasteiger partial charge < -0.3 is 5.11 Å². The molecule has 0 fully saturated rings.